The van der Waals surface area contributed by atoms with Crippen LogP contribution in [-0.2, 0) is 35.8 Å². The van der Waals surface area contributed by atoms with Crippen molar-refractivity contribution in [2.45, 2.75) is 36.9 Å². The van der Waals surface area contributed by atoms with E-state index in [0.29, 0.717) is 35.8 Å². The molecule has 1 saturated heterocycles. The van der Waals surface area contributed by atoms with E-state index < -0.39 is 15.4 Å². The second-order valence-electron chi connectivity index (χ2n) is 10.6. The molecule has 0 radical (unpaired) electrons. The predicted molar refractivity (Wildman–Crippen MR) is 158 cm³/mol. The summed E-state index contributed by atoms with van der Waals surface area (Å²) in [4.78, 5) is 26.3. The molecule has 216 valence electrons. The van der Waals surface area contributed by atoms with Crippen LogP contribution in [0.5, 0.6) is 0 Å². The molecule has 0 aliphatic carbocycles. The first-order chi connectivity index (χ1) is 19.6. The number of carbonyl (C=O) groups excluding carboxylic acids is 1. The number of carbonyl (C=O) groups is 1. The molecule has 2 aliphatic heterocycles. The van der Waals surface area contributed by atoms with Gasteiger partial charge in [0, 0.05) is 29.0 Å². The molecule has 5 rings (SSSR count). The quantitative estimate of drug-likeness (QED) is 0.302. The number of ether oxygens (including phenoxy) is 1. The van der Waals surface area contributed by atoms with Gasteiger partial charge in [0.1, 0.15) is 13.2 Å². The number of sulfone groups is 1. The molecule has 1 spiro atoms. The number of esters is 1. The van der Waals surface area contributed by atoms with Crippen LogP contribution in [0.1, 0.15) is 29.5 Å². The third-order valence-electron chi connectivity index (χ3n) is 7.58. The highest BCUT2D eigenvalue weighted by Gasteiger charge is 2.45. The highest BCUT2D eigenvalue weighted by atomic mass is 35.5. The standard InChI is InChI=1S/C31H33ClN2O6S/c1-21-14-26(23-10-6-11-24(15-23)41(2,36)37)28(32)16-25(21)27-19-39-40-31(30(27)33)12-7-13-34(20-31)17-29(35)38-18-22-8-4-3-5-9-22/h3-6,8-11,14-16H,7,12-13,17-20,33H2,1-2H3. The first-order valence-electron chi connectivity index (χ1n) is 13.4. The number of piperidine rings is 1. The van der Waals surface area contributed by atoms with Gasteiger partial charge in [-0.2, -0.15) is 0 Å². The minimum absolute atomic E-state index is 0.118. The zero-order valence-corrected chi connectivity index (χ0v) is 24.6. The van der Waals surface area contributed by atoms with Crippen molar-refractivity contribution in [3.05, 3.63) is 94.1 Å². The van der Waals surface area contributed by atoms with Crippen LogP contribution in [0.3, 0.4) is 0 Å². The molecule has 2 aliphatic rings. The van der Waals surface area contributed by atoms with E-state index in [1.165, 1.54) is 6.26 Å². The lowest BCUT2D eigenvalue weighted by Crippen LogP contribution is -2.55. The number of halogens is 1. The van der Waals surface area contributed by atoms with Crippen molar-refractivity contribution < 1.29 is 27.7 Å². The highest BCUT2D eigenvalue weighted by Crippen LogP contribution is 2.41. The van der Waals surface area contributed by atoms with Gasteiger partial charge in [-0.15, -0.1) is 0 Å². The Morgan fingerprint density at radius 3 is 2.63 bits per heavy atom. The Morgan fingerprint density at radius 1 is 1.10 bits per heavy atom. The number of benzene rings is 3. The Kier molecular flexibility index (Phi) is 8.54. The summed E-state index contributed by atoms with van der Waals surface area (Å²) in [7, 11) is -3.36. The second-order valence-corrected chi connectivity index (χ2v) is 13.1. The number of hydrogen-bond donors (Lipinski definition) is 1. The molecule has 0 bridgehead atoms. The lowest BCUT2D eigenvalue weighted by atomic mass is 9.84. The van der Waals surface area contributed by atoms with Gasteiger partial charge in [0.25, 0.3) is 0 Å². The van der Waals surface area contributed by atoms with Crippen LogP contribution >= 0.6 is 11.6 Å². The molecule has 3 aromatic rings. The normalized spacial score (nSPS) is 19.9. The molecule has 0 aromatic heterocycles. The van der Waals surface area contributed by atoms with E-state index in [4.69, 9.17) is 31.8 Å². The lowest BCUT2D eigenvalue weighted by Gasteiger charge is -2.44. The fraction of sp³-hybridized carbons (Fsp3) is 0.323. The molecule has 0 amide bonds. The highest BCUT2D eigenvalue weighted by molar-refractivity contribution is 7.90. The van der Waals surface area contributed by atoms with Gasteiger partial charge in [0.15, 0.2) is 15.4 Å². The molecular formula is C31H33ClN2O6S. The van der Waals surface area contributed by atoms with E-state index in [9.17, 15) is 13.2 Å². The number of aryl methyl sites for hydroxylation is 1. The van der Waals surface area contributed by atoms with Crippen molar-refractivity contribution in [3.8, 4) is 11.1 Å². The molecule has 10 heteroatoms. The first kappa shape index (κ1) is 29.3. The third-order valence-corrected chi connectivity index (χ3v) is 9.00. The predicted octanol–water partition coefficient (Wildman–Crippen LogP) is 4.93. The summed E-state index contributed by atoms with van der Waals surface area (Å²) in [6.45, 7) is 3.53. The monoisotopic (exact) mass is 596 g/mol. The number of nitrogens with zero attached hydrogens (tertiary/aromatic N) is 1. The second kappa shape index (κ2) is 12.0. The SMILES string of the molecule is Cc1cc(-c2cccc(S(C)(=O)=O)c2)c(Cl)cc1C1=C(N)C2(CCCN(CC(=O)OCc3ccccc3)C2)OOC1. The van der Waals surface area contributed by atoms with Crippen LogP contribution in [0.4, 0.5) is 0 Å². The summed E-state index contributed by atoms with van der Waals surface area (Å²) >= 11 is 6.76. The Hall–Kier alpha value is -3.21. The molecule has 0 saturated carbocycles. The maximum atomic E-state index is 12.6. The zero-order chi connectivity index (χ0) is 29.2. The number of hydrogen-bond acceptors (Lipinski definition) is 8. The summed E-state index contributed by atoms with van der Waals surface area (Å²) in [5.74, 6) is -0.316. The van der Waals surface area contributed by atoms with E-state index in [-0.39, 0.29) is 30.6 Å². The van der Waals surface area contributed by atoms with E-state index in [1.807, 2.05) is 60.4 Å². The Morgan fingerprint density at radius 2 is 1.88 bits per heavy atom. The molecule has 1 unspecified atom stereocenters. The molecular weight excluding hydrogens is 564 g/mol. The molecule has 8 nitrogen and oxygen atoms in total. The fourth-order valence-electron chi connectivity index (χ4n) is 5.44. The van der Waals surface area contributed by atoms with Crippen LogP contribution in [-0.4, -0.2) is 57.4 Å². The van der Waals surface area contributed by atoms with Crippen molar-refractivity contribution in [2.24, 2.45) is 5.73 Å². The van der Waals surface area contributed by atoms with E-state index in [2.05, 4.69) is 0 Å². The van der Waals surface area contributed by atoms with Crippen LogP contribution in [0.25, 0.3) is 16.7 Å². The Balaban J connectivity index is 1.37. The van der Waals surface area contributed by atoms with Gasteiger partial charge in [-0.05, 0) is 72.8 Å². The fourth-order valence-corrected chi connectivity index (χ4v) is 6.38. The van der Waals surface area contributed by atoms with Crippen molar-refractivity contribution in [1.82, 2.24) is 4.90 Å². The Labute approximate surface area is 245 Å². The molecule has 1 atom stereocenters. The van der Waals surface area contributed by atoms with Crippen molar-refractivity contribution in [3.63, 3.8) is 0 Å². The molecule has 3 aromatic carbocycles. The maximum absolute atomic E-state index is 12.6. The van der Waals surface area contributed by atoms with Crippen LogP contribution in [0.2, 0.25) is 5.02 Å². The number of likely N-dealkylation sites (tertiary alicyclic amines) is 1. The lowest BCUT2D eigenvalue weighted by molar-refractivity contribution is -0.357. The van der Waals surface area contributed by atoms with Gasteiger partial charge in [0.05, 0.1) is 17.1 Å². The average molecular weight is 597 g/mol. The molecule has 41 heavy (non-hydrogen) atoms. The molecule has 1 fully saturated rings. The maximum Gasteiger partial charge on any atom is 0.320 e. The van der Waals surface area contributed by atoms with Crippen LogP contribution in [0.15, 0.2) is 77.3 Å². The summed E-state index contributed by atoms with van der Waals surface area (Å²) in [5, 5.41) is 0.462. The largest absolute Gasteiger partial charge is 0.460 e. The number of nitrogens with two attached hydrogens (primary N) is 1. The summed E-state index contributed by atoms with van der Waals surface area (Å²) < 4.78 is 29.6. The van der Waals surface area contributed by atoms with E-state index in [1.54, 1.807) is 18.2 Å². The van der Waals surface area contributed by atoms with Gasteiger partial charge in [0.2, 0.25) is 0 Å². The van der Waals surface area contributed by atoms with E-state index >= 15 is 0 Å². The van der Waals surface area contributed by atoms with Gasteiger partial charge in [-0.3, -0.25) is 9.69 Å². The average Bonchev–Trinajstić information content (AvgIpc) is 2.95. The van der Waals surface area contributed by atoms with Crippen molar-refractivity contribution in [1.29, 1.82) is 0 Å². The molecule has 2 heterocycles. The zero-order valence-electron chi connectivity index (χ0n) is 23.1. The van der Waals surface area contributed by atoms with Gasteiger partial charge >= 0.3 is 5.97 Å². The van der Waals surface area contributed by atoms with Gasteiger partial charge in [-0.25, -0.2) is 18.2 Å². The van der Waals surface area contributed by atoms with Crippen molar-refractivity contribution >= 4 is 33.0 Å². The van der Waals surface area contributed by atoms with Crippen LogP contribution in [0, 0.1) is 6.92 Å². The Bertz CT molecular complexity index is 1590. The van der Waals surface area contributed by atoms with Crippen molar-refractivity contribution in [2.75, 3.05) is 32.5 Å². The van der Waals surface area contributed by atoms with Gasteiger partial charge < -0.3 is 10.5 Å². The topological polar surface area (TPSA) is 108 Å². The third kappa shape index (κ3) is 6.50. The van der Waals surface area contributed by atoms with E-state index in [0.717, 1.165) is 34.2 Å². The summed E-state index contributed by atoms with van der Waals surface area (Å²) in [5.41, 5.74) is 11.3. The smallest absolute Gasteiger partial charge is 0.320 e. The van der Waals surface area contributed by atoms with Gasteiger partial charge in [-0.1, -0.05) is 54.1 Å². The summed E-state index contributed by atoms with van der Waals surface area (Å²) in [6, 6.07) is 20.0. The van der Waals surface area contributed by atoms with Crippen LogP contribution < -0.4 is 5.73 Å². The first-order valence-corrected chi connectivity index (χ1v) is 15.7. The summed E-state index contributed by atoms with van der Waals surface area (Å²) in [6.07, 6.45) is 2.58. The number of rotatable bonds is 7. The molecule has 2 N–H and O–H groups in total. The minimum Gasteiger partial charge on any atom is -0.460 e. The minimum atomic E-state index is -3.36.